The molecule has 33 heavy (non-hydrogen) atoms. The van der Waals surface area contributed by atoms with Gasteiger partial charge in [-0.15, -0.1) is 0 Å². The van der Waals surface area contributed by atoms with Gasteiger partial charge in [0, 0.05) is 16.6 Å². The number of esters is 1. The first-order valence-electron chi connectivity index (χ1n) is 10.5. The maximum Gasteiger partial charge on any atom is 0.338 e. The Morgan fingerprint density at radius 1 is 0.970 bits per heavy atom. The van der Waals surface area contributed by atoms with E-state index in [4.69, 9.17) is 4.74 Å². The molecule has 0 aromatic heterocycles. The van der Waals surface area contributed by atoms with Crippen LogP contribution in [0.1, 0.15) is 35.3 Å². The van der Waals surface area contributed by atoms with Gasteiger partial charge in [0.05, 0.1) is 15.4 Å². The summed E-state index contributed by atoms with van der Waals surface area (Å²) in [5.41, 5.74) is 2.54. The molecule has 0 unspecified atom stereocenters. The van der Waals surface area contributed by atoms with Gasteiger partial charge in [-0.3, -0.25) is 14.9 Å². The van der Waals surface area contributed by atoms with Crippen molar-refractivity contribution in [3.63, 3.8) is 0 Å². The van der Waals surface area contributed by atoms with Crippen molar-refractivity contribution in [3.8, 4) is 0 Å². The SMILES string of the molecule is CCc1cccc(CC)c1NC(=O)COC(=O)c1ccc(Sc2ccccc2)c([N+](=O)[O-])c1. The molecular formula is C25H24N2O5S. The summed E-state index contributed by atoms with van der Waals surface area (Å²) in [6.45, 7) is 3.50. The lowest BCUT2D eigenvalue weighted by Crippen LogP contribution is -2.22. The minimum Gasteiger partial charge on any atom is -0.452 e. The van der Waals surface area contributed by atoms with Crippen LogP contribution in [0.2, 0.25) is 0 Å². The van der Waals surface area contributed by atoms with E-state index in [2.05, 4.69) is 5.32 Å². The predicted octanol–water partition coefficient (Wildman–Crippen LogP) is 5.67. The van der Waals surface area contributed by atoms with Gasteiger partial charge < -0.3 is 10.1 Å². The number of hydrogen-bond acceptors (Lipinski definition) is 6. The molecule has 7 nitrogen and oxygen atoms in total. The lowest BCUT2D eigenvalue weighted by molar-refractivity contribution is -0.387. The van der Waals surface area contributed by atoms with Gasteiger partial charge in [0.25, 0.3) is 11.6 Å². The normalized spacial score (nSPS) is 10.5. The summed E-state index contributed by atoms with van der Waals surface area (Å²) in [7, 11) is 0. The zero-order valence-electron chi connectivity index (χ0n) is 18.4. The number of nitro benzene ring substituents is 1. The second-order valence-corrected chi connectivity index (χ2v) is 8.25. The van der Waals surface area contributed by atoms with Crippen molar-refractivity contribution in [1.82, 2.24) is 0 Å². The van der Waals surface area contributed by atoms with Gasteiger partial charge in [-0.1, -0.05) is 62.0 Å². The highest BCUT2D eigenvalue weighted by Crippen LogP contribution is 2.35. The van der Waals surface area contributed by atoms with Crippen LogP contribution in [0.3, 0.4) is 0 Å². The van der Waals surface area contributed by atoms with E-state index in [0.29, 0.717) is 4.90 Å². The van der Waals surface area contributed by atoms with Gasteiger partial charge in [-0.2, -0.15) is 0 Å². The third-order valence-electron chi connectivity index (χ3n) is 4.96. The Morgan fingerprint density at radius 2 is 1.64 bits per heavy atom. The van der Waals surface area contributed by atoms with E-state index in [0.717, 1.165) is 34.6 Å². The van der Waals surface area contributed by atoms with E-state index in [-0.39, 0.29) is 11.3 Å². The number of para-hydroxylation sites is 1. The topological polar surface area (TPSA) is 98.5 Å². The maximum atomic E-state index is 12.5. The van der Waals surface area contributed by atoms with Gasteiger partial charge in [0.15, 0.2) is 6.61 Å². The summed E-state index contributed by atoms with van der Waals surface area (Å²) < 4.78 is 5.12. The molecule has 0 saturated heterocycles. The molecule has 0 atom stereocenters. The predicted molar refractivity (Wildman–Crippen MR) is 128 cm³/mol. The van der Waals surface area contributed by atoms with E-state index in [9.17, 15) is 19.7 Å². The largest absolute Gasteiger partial charge is 0.452 e. The number of hydrogen-bond donors (Lipinski definition) is 1. The van der Waals surface area contributed by atoms with Crippen LogP contribution in [0.4, 0.5) is 11.4 Å². The molecule has 3 rings (SSSR count). The Balaban J connectivity index is 1.69. The number of carbonyl (C=O) groups excluding carboxylic acids is 2. The smallest absolute Gasteiger partial charge is 0.338 e. The van der Waals surface area contributed by atoms with Gasteiger partial charge in [0.1, 0.15) is 0 Å². The molecule has 0 saturated carbocycles. The summed E-state index contributed by atoms with van der Waals surface area (Å²) in [5, 5.41) is 14.4. The molecule has 8 heteroatoms. The molecule has 0 radical (unpaired) electrons. The van der Waals surface area contributed by atoms with Crippen molar-refractivity contribution in [2.75, 3.05) is 11.9 Å². The number of benzene rings is 3. The Kier molecular flexibility index (Phi) is 8.21. The molecule has 170 valence electrons. The first-order chi connectivity index (χ1) is 15.9. The first-order valence-corrected chi connectivity index (χ1v) is 11.3. The molecule has 0 aliphatic carbocycles. The first kappa shape index (κ1) is 24.0. The van der Waals surface area contributed by atoms with E-state index in [1.54, 1.807) is 0 Å². The zero-order valence-corrected chi connectivity index (χ0v) is 19.2. The van der Waals surface area contributed by atoms with Crippen LogP contribution in [0.25, 0.3) is 0 Å². The van der Waals surface area contributed by atoms with Gasteiger partial charge in [-0.25, -0.2) is 4.79 Å². The van der Waals surface area contributed by atoms with Crippen molar-refractivity contribution in [2.45, 2.75) is 36.5 Å². The Morgan fingerprint density at radius 3 is 2.24 bits per heavy atom. The van der Waals surface area contributed by atoms with Crippen molar-refractivity contribution in [2.24, 2.45) is 0 Å². The minimum atomic E-state index is -0.802. The number of aryl methyl sites for hydroxylation is 2. The summed E-state index contributed by atoms with van der Waals surface area (Å²) in [6, 6.07) is 19.2. The maximum absolute atomic E-state index is 12.5. The van der Waals surface area contributed by atoms with Crippen LogP contribution >= 0.6 is 11.8 Å². The number of anilines is 1. The Bertz CT molecular complexity index is 1140. The monoisotopic (exact) mass is 464 g/mol. The van der Waals surface area contributed by atoms with E-state index in [1.165, 1.54) is 30.0 Å². The number of ether oxygens (including phenoxy) is 1. The zero-order chi connectivity index (χ0) is 23.8. The quantitative estimate of drug-likeness (QED) is 0.249. The van der Waals surface area contributed by atoms with E-state index >= 15 is 0 Å². The van der Waals surface area contributed by atoms with Crippen LogP contribution in [0, 0.1) is 10.1 Å². The number of nitro groups is 1. The summed E-state index contributed by atoms with van der Waals surface area (Å²) in [4.78, 5) is 37.1. The van der Waals surface area contributed by atoms with Crippen LogP contribution < -0.4 is 5.32 Å². The molecule has 0 spiro atoms. The molecule has 1 amide bonds. The third-order valence-corrected chi connectivity index (χ3v) is 6.03. The number of nitrogens with one attached hydrogen (secondary N) is 1. The van der Waals surface area contributed by atoms with Crippen molar-refractivity contribution < 1.29 is 19.2 Å². The van der Waals surface area contributed by atoms with Gasteiger partial charge in [-0.05, 0) is 48.2 Å². The summed E-state index contributed by atoms with van der Waals surface area (Å²) in [5.74, 6) is -1.27. The average Bonchev–Trinajstić information content (AvgIpc) is 2.83. The van der Waals surface area contributed by atoms with Crippen LogP contribution in [-0.4, -0.2) is 23.4 Å². The molecule has 0 heterocycles. The van der Waals surface area contributed by atoms with E-state index < -0.39 is 23.4 Å². The number of rotatable bonds is 9. The molecule has 0 bridgehead atoms. The van der Waals surface area contributed by atoms with Gasteiger partial charge >= 0.3 is 5.97 Å². The number of carbonyl (C=O) groups is 2. The molecule has 0 aliphatic heterocycles. The third kappa shape index (κ3) is 6.20. The minimum absolute atomic E-state index is 0.00937. The molecule has 0 aliphatic rings. The van der Waals surface area contributed by atoms with Crippen LogP contribution in [0.15, 0.2) is 76.5 Å². The lowest BCUT2D eigenvalue weighted by atomic mass is 10.0. The Labute approximate surface area is 196 Å². The van der Waals surface area contributed by atoms with E-state index in [1.807, 2.05) is 62.4 Å². The number of nitrogens with zero attached hydrogens (tertiary/aromatic N) is 1. The highest BCUT2D eigenvalue weighted by Gasteiger charge is 2.20. The van der Waals surface area contributed by atoms with Gasteiger partial charge in [0.2, 0.25) is 0 Å². The second-order valence-electron chi connectivity index (χ2n) is 7.14. The highest BCUT2D eigenvalue weighted by molar-refractivity contribution is 7.99. The molecular weight excluding hydrogens is 440 g/mol. The Hall–Kier alpha value is -3.65. The summed E-state index contributed by atoms with van der Waals surface area (Å²) >= 11 is 1.23. The van der Waals surface area contributed by atoms with Crippen LogP contribution in [-0.2, 0) is 22.4 Å². The summed E-state index contributed by atoms with van der Waals surface area (Å²) in [6.07, 6.45) is 1.50. The van der Waals surface area contributed by atoms with Crippen molar-refractivity contribution in [3.05, 3.63) is 93.5 Å². The molecule has 3 aromatic rings. The highest BCUT2D eigenvalue weighted by atomic mass is 32.2. The fourth-order valence-electron chi connectivity index (χ4n) is 3.28. The standard InChI is InChI=1S/C25H24N2O5S/c1-3-17-9-8-10-18(4-2)24(17)26-23(28)16-32-25(29)19-13-14-22(21(15-19)27(30)31)33-20-11-6-5-7-12-20/h5-15H,3-4,16H2,1-2H3,(H,26,28). The lowest BCUT2D eigenvalue weighted by Gasteiger charge is -2.14. The fourth-order valence-corrected chi connectivity index (χ4v) is 4.20. The van der Waals surface area contributed by atoms with Crippen molar-refractivity contribution >= 4 is 35.0 Å². The second kappa shape index (κ2) is 11.3. The average molecular weight is 465 g/mol. The molecule has 1 N–H and O–H groups in total. The van der Waals surface area contributed by atoms with Crippen molar-refractivity contribution in [1.29, 1.82) is 0 Å². The van der Waals surface area contributed by atoms with Crippen LogP contribution in [0.5, 0.6) is 0 Å². The fraction of sp³-hybridized carbons (Fsp3) is 0.200. The molecule has 0 fully saturated rings. The number of amides is 1. The molecule has 3 aromatic carbocycles.